The number of hydrogen-bond donors (Lipinski definition) is 1. The third-order valence-electron chi connectivity index (χ3n) is 5.93. The molecule has 1 aromatic heterocycles. The van der Waals surface area contributed by atoms with Crippen molar-refractivity contribution in [3.05, 3.63) is 76.3 Å². The van der Waals surface area contributed by atoms with E-state index in [1.165, 1.54) is 29.2 Å². The summed E-state index contributed by atoms with van der Waals surface area (Å²) in [4.78, 5) is 15.0. The number of carbonyl (C=O) groups excluding carboxylic acids is 1. The van der Waals surface area contributed by atoms with Crippen LogP contribution in [0.2, 0.25) is 5.15 Å². The van der Waals surface area contributed by atoms with Crippen molar-refractivity contribution in [3.8, 4) is 0 Å². The summed E-state index contributed by atoms with van der Waals surface area (Å²) < 4.78 is 39.1. The van der Waals surface area contributed by atoms with Gasteiger partial charge >= 0.3 is 0 Å². The lowest BCUT2D eigenvalue weighted by molar-refractivity contribution is 0.0975. The van der Waals surface area contributed by atoms with E-state index in [2.05, 4.69) is 10.4 Å². The van der Waals surface area contributed by atoms with Crippen molar-refractivity contribution in [3.63, 3.8) is 0 Å². The number of aromatic nitrogens is 2. The molecule has 0 aliphatic carbocycles. The first kappa shape index (κ1) is 21.0. The van der Waals surface area contributed by atoms with Crippen molar-refractivity contribution in [2.24, 2.45) is 0 Å². The van der Waals surface area contributed by atoms with Gasteiger partial charge in [0.2, 0.25) is 0 Å². The number of para-hydroxylation sites is 1. The zero-order chi connectivity index (χ0) is 22.6. The summed E-state index contributed by atoms with van der Waals surface area (Å²) in [6.07, 6.45) is -0.272. The first-order valence-corrected chi connectivity index (χ1v) is 12.3. The van der Waals surface area contributed by atoms with E-state index in [1.54, 1.807) is 29.8 Å². The number of nitrogens with one attached hydrogen (secondary N) is 1. The Morgan fingerprint density at radius 3 is 2.56 bits per heavy atom. The van der Waals surface area contributed by atoms with E-state index < -0.39 is 21.8 Å². The Labute approximate surface area is 189 Å². The molecule has 0 spiro atoms. The molecule has 5 rings (SSSR count). The van der Waals surface area contributed by atoms with E-state index in [0.29, 0.717) is 34.6 Å². The van der Waals surface area contributed by atoms with Crippen LogP contribution >= 0.6 is 11.6 Å². The molecule has 7 nitrogen and oxygen atoms in total. The van der Waals surface area contributed by atoms with Crippen LogP contribution in [0, 0.1) is 12.7 Å². The summed E-state index contributed by atoms with van der Waals surface area (Å²) in [6.45, 7) is 1.77. The van der Waals surface area contributed by atoms with Crippen LogP contribution in [-0.2, 0) is 9.84 Å². The minimum Gasteiger partial charge on any atom is -0.360 e. The van der Waals surface area contributed by atoms with Gasteiger partial charge in [-0.05, 0) is 49.7 Å². The molecule has 3 aromatic rings. The van der Waals surface area contributed by atoms with Crippen molar-refractivity contribution >= 4 is 38.7 Å². The summed E-state index contributed by atoms with van der Waals surface area (Å²) in [5.41, 5.74) is 2.78. The summed E-state index contributed by atoms with van der Waals surface area (Å²) in [7, 11) is -3.13. The largest absolute Gasteiger partial charge is 0.360 e. The van der Waals surface area contributed by atoms with Gasteiger partial charge in [-0.15, -0.1) is 0 Å². The molecular formula is C22H20ClFN4O3S. The Morgan fingerprint density at radius 1 is 1.16 bits per heavy atom. The number of rotatable bonds is 3. The first-order valence-electron chi connectivity index (χ1n) is 10.1. The SMILES string of the molecule is Cc1nn([C@H]2CCS(=O)(=O)C2)c(Cl)c1[C@H]1Nc2ccccc2C(=O)N1c1ccc(F)cc1. The molecule has 1 saturated heterocycles. The molecule has 2 aromatic carbocycles. The summed E-state index contributed by atoms with van der Waals surface area (Å²) in [5.74, 6) is -0.595. The average Bonchev–Trinajstić information content (AvgIpc) is 3.26. The quantitative estimate of drug-likeness (QED) is 0.617. The second-order valence-corrected chi connectivity index (χ2v) is 10.6. The summed E-state index contributed by atoms with van der Waals surface area (Å²) in [6, 6.07) is 12.4. The fraction of sp³-hybridized carbons (Fsp3) is 0.273. The Hall–Kier alpha value is -2.91. The van der Waals surface area contributed by atoms with E-state index in [0.717, 1.165) is 0 Å². The summed E-state index contributed by atoms with van der Waals surface area (Å²) >= 11 is 6.76. The number of aryl methyl sites for hydroxylation is 1. The molecule has 1 amide bonds. The summed E-state index contributed by atoms with van der Waals surface area (Å²) in [5, 5.41) is 8.18. The maximum atomic E-state index is 13.6. The van der Waals surface area contributed by atoms with Crippen LogP contribution in [-0.4, -0.2) is 35.6 Å². The van der Waals surface area contributed by atoms with Crippen molar-refractivity contribution in [2.75, 3.05) is 21.7 Å². The van der Waals surface area contributed by atoms with E-state index in [-0.39, 0.29) is 28.6 Å². The first-order chi connectivity index (χ1) is 15.2. The molecule has 1 fully saturated rings. The maximum absolute atomic E-state index is 13.6. The molecule has 3 heterocycles. The Balaban J connectivity index is 1.64. The third-order valence-corrected chi connectivity index (χ3v) is 8.06. The highest BCUT2D eigenvalue weighted by Crippen LogP contribution is 2.41. The van der Waals surface area contributed by atoms with Crippen molar-refractivity contribution < 1.29 is 17.6 Å². The molecule has 1 N–H and O–H groups in total. The number of carbonyl (C=O) groups is 1. The highest BCUT2D eigenvalue weighted by Gasteiger charge is 2.39. The Kier molecular flexibility index (Phi) is 4.98. The third kappa shape index (κ3) is 3.45. The molecule has 32 heavy (non-hydrogen) atoms. The molecule has 166 valence electrons. The van der Waals surface area contributed by atoms with Gasteiger partial charge in [0.15, 0.2) is 9.84 Å². The lowest BCUT2D eigenvalue weighted by Crippen LogP contribution is -2.43. The predicted molar refractivity (Wildman–Crippen MR) is 120 cm³/mol. The average molecular weight is 475 g/mol. The number of amides is 1. The van der Waals surface area contributed by atoms with Crippen LogP contribution in [0.1, 0.15) is 40.2 Å². The highest BCUT2D eigenvalue weighted by atomic mass is 35.5. The van der Waals surface area contributed by atoms with Crippen LogP contribution in [0.25, 0.3) is 0 Å². The number of hydrogen-bond acceptors (Lipinski definition) is 5. The van der Waals surface area contributed by atoms with E-state index >= 15 is 0 Å². The molecule has 2 aliphatic heterocycles. The van der Waals surface area contributed by atoms with Crippen molar-refractivity contribution in [1.29, 1.82) is 0 Å². The van der Waals surface area contributed by atoms with Gasteiger partial charge in [0.05, 0.1) is 34.4 Å². The molecule has 2 atom stereocenters. The minimum absolute atomic E-state index is 0.0190. The molecule has 2 aliphatic rings. The topological polar surface area (TPSA) is 84.3 Å². The number of sulfone groups is 1. The van der Waals surface area contributed by atoms with Crippen LogP contribution < -0.4 is 10.2 Å². The normalized spacial score (nSPS) is 22.0. The number of benzene rings is 2. The number of fused-ring (bicyclic) bond motifs is 1. The lowest BCUT2D eigenvalue weighted by atomic mass is 10.0. The van der Waals surface area contributed by atoms with E-state index in [1.807, 2.05) is 6.07 Å². The van der Waals surface area contributed by atoms with Crippen molar-refractivity contribution in [1.82, 2.24) is 9.78 Å². The minimum atomic E-state index is -3.13. The molecule has 10 heteroatoms. The molecular weight excluding hydrogens is 455 g/mol. The van der Waals surface area contributed by atoms with Gasteiger partial charge in [-0.1, -0.05) is 23.7 Å². The lowest BCUT2D eigenvalue weighted by Gasteiger charge is -2.38. The smallest absolute Gasteiger partial charge is 0.262 e. The Morgan fingerprint density at radius 2 is 1.88 bits per heavy atom. The van der Waals surface area contributed by atoms with Crippen LogP contribution in [0.5, 0.6) is 0 Å². The number of anilines is 2. The van der Waals surface area contributed by atoms with Gasteiger partial charge in [0.25, 0.3) is 5.91 Å². The standard InChI is InChI=1S/C22H20ClFN4O3S/c1-13-19(20(23)28(26-13)16-10-11-32(30,31)12-16)21-25-18-5-3-2-4-17(18)22(29)27(21)15-8-6-14(24)7-9-15/h2-9,16,21,25H,10-12H2,1H3/t16-,21-/m0/s1. The predicted octanol–water partition coefficient (Wildman–Crippen LogP) is 4.11. The second-order valence-electron chi connectivity index (χ2n) is 8.04. The Bertz CT molecular complexity index is 1320. The molecule has 0 unspecified atom stereocenters. The number of nitrogens with zero attached hydrogens (tertiary/aromatic N) is 3. The van der Waals surface area contributed by atoms with E-state index in [4.69, 9.17) is 11.6 Å². The van der Waals surface area contributed by atoms with Gasteiger partial charge in [-0.2, -0.15) is 5.10 Å². The fourth-order valence-electron chi connectivity index (χ4n) is 4.38. The highest BCUT2D eigenvalue weighted by molar-refractivity contribution is 7.91. The van der Waals surface area contributed by atoms with Crippen LogP contribution in [0.3, 0.4) is 0 Å². The van der Waals surface area contributed by atoms with Crippen LogP contribution in [0.4, 0.5) is 15.8 Å². The van der Waals surface area contributed by atoms with Crippen LogP contribution in [0.15, 0.2) is 48.5 Å². The second kappa shape index (κ2) is 7.60. The zero-order valence-electron chi connectivity index (χ0n) is 17.1. The van der Waals surface area contributed by atoms with Gasteiger partial charge in [0, 0.05) is 11.4 Å². The molecule has 0 bridgehead atoms. The van der Waals surface area contributed by atoms with Gasteiger partial charge in [-0.25, -0.2) is 17.5 Å². The maximum Gasteiger partial charge on any atom is 0.262 e. The zero-order valence-corrected chi connectivity index (χ0v) is 18.7. The van der Waals surface area contributed by atoms with Gasteiger partial charge < -0.3 is 5.32 Å². The van der Waals surface area contributed by atoms with Gasteiger partial charge in [0.1, 0.15) is 17.1 Å². The monoisotopic (exact) mass is 474 g/mol. The number of halogens is 2. The van der Waals surface area contributed by atoms with E-state index in [9.17, 15) is 17.6 Å². The molecule has 0 radical (unpaired) electrons. The molecule has 0 saturated carbocycles. The fourth-order valence-corrected chi connectivity index (χ4v) is 6.48. The van der Waals surface area contributed by atoms with Gasteiger partial charge in [-0.3, -0.25) is 9.69 Å². The van der Waals surface area contributed by atoms with Crippen molar-refractivity contribution in [2.45, 2.75) is 25.6 Å².